The first-order valence-electron chi connectivity index (χ1n) is 7.76. The van der Waals surface area contributed by atoms with E-state index in [0.29, 0.717) is 16.5 Å². The van der Waals surface area contributed by atoms with Gasteiger partial charge in [-0.25, -0.2) is 0 Å². The number of hydrogen-bond donors (Lipinski definition) is 1. The number of nitrogens with one attached hydrogen (secondary N) is 1. The number of carbonyl (C=O) groups is 1. The van der Waals surface area contributed by atoms with Gasteiger partial charge in [0.2, 0.25) is 0 Å². The molecule has 0 saturated carbocycles. The van der Waals surface area contributed by atoms with E-state index in [4.69, 9.17) is 0 Å². The summed E-state index contributed by atoms with van der Waals surface area (Å²) in [5.74, 6) is 1.13. The molecule has 3 heterocycles. The Kier molecular flexibility index (Phi) is 4.07. The summed E-state index contributed by atoms with van der Waals surface area (Å²) in [4.78, 5) is 19.7. The molecule has 0 spiro atoms. The average Bonchev–Trinajstić information content (AvgIpc) is 3.24. The lowest BCUT2D eigenvalue weighted by Gasteiger charge is -2.03. The number of aromatic nitrogens is 5. The molecule has 0 radical (unpaired) electrons. The Balaban J connectivity index is 1.52. The van der Waals surface area contributed by atoms with Crippen molar-refractivity contribution in [3.63, 3.8) is 0 Å². The molecule has 0 saturated heterocycles. The molecular weight excluding hydrogens is 334 g/mol. The van der Waals surface area contributed by atoms with E-state index in [1.807, 2.05) is 48.0 Å². The number of benzene rings is 1. The van der Waals surface area contributed by atoms with Crippen LogP contribution in [0.15, 0.2) is 60.1 Å². The fraction of sp³-hybridized carbons (Fsp3) is 0.111. The Morgan fingerprint density at radius 1 is 1.16 bits per heavy atom. The number of para-hydroxylation sites is 1. The molecule has 0 aliphatic rings. The highest BCUT2D eigenvalue weighted by Crippen LogP contribution is 2.24. The fourth-order valence-corrected chi connectivity index (χ4v) is 3.50. The minimum atomic E-state index is 0.0657. The van der Waals surface area contributed by atoms with Crippen molar-refractivity contribution in [1.29, 1.82) is 0 Å². The number of H-pyrrole nitrogens is 1. The molecule has 7 heteroatoms. The number of pyridine rings is 1. The van der Waals surface area contributed by atoms with Gasteiger partial charge in [-0.2, -0.15) is 0 Å². The maximum atomic E-state index is 12.6. The summed E-state index contributed by atoms with van der Waals surface area (Å²) in [6, 6.07) is 11.6. The van der Waals surface area contributed by atoms with Gasteiger partial charge in [-0.1, -0.05) is 30.0 Å². The van der Waals surface area contributed by atoms with E-state index in [-0.39, 0.29) is 5.78 Å². The Labute approximate surface area is 148 Å². The molecular formula is C18H15N5OS. The van der Waals surface area contributed by atoms with Gasteiger partial charge < -0.3 is 9.55 Å². The van der Waals surface area contributed by atoms with Crippen molar-refractivity contribution in [2.75, 3.05) is 5.75 Å². The Hall–Kier alpha value is -2.93. The molecule has 25 heavy (non-hydrogen) atoms. The van der Waals surface area contributed by atoms with Gasteiger partial charge in [0, 0.05) is 47.7 Å². The maximum absolute atomic E-state index is 12.6. The van der Waals surface area contributed by atoms with Crippen LogP contribution in [0.5, 0.6) is 0 Å². The SMILES string of the molecule is Cn1c(SCC(=O)c2c[nH]c3ccccc23)nnc1-c1ccncc1. The standard InChI is InChI=1S/C18H15N5OS/c1-23-17(12-6-8-19-9-7-12)21-22-18(23)25-11-16(24)14-10-20-15-5-3-2-4-13(14)15/h2-10,20H,11H2,1H3. The second kappa shape index (κ2) is 6.52. The lowest BCUT2D eigenvalue weighted by molar-refractivity contribution is 0.102. The van der Waals surface area contributed by atoms with E-state index in [2.05, 4.69) is 20.2 Å². The number of thioether (sulfide) groups is 1. The third-order valence-electron chi connectivity index (χ3n) is 4.00. The van der Waals surface area contributed by atoms with Crippen LogP contribution >= 0.6 is 11.8 Å². The summed E-state index contributed by atoms with van der Waals surface area (Å²) in [6.07, 6.45) is 5.21. The van der Waals surface area contributed by atoms with Gasteiger partial charge >= 0.3 is 0 Å². The predicted molar refractivity (Wildman–Crippen MR) is 97.6 cm³/mol. The van der Waals surface area contributed by atoms with Crippen LogP contribution in [-0.2, 0) is 7.05 Å². The van der Waals surface area contributed by atoms with Gasteiger partial charge in [0.05, 0.1) is 5.75 Å². The van der Waals surface area contributed by atoms with Gasteiger partial charge in [-0.3, -0.25) is 9.78 Å². The number of aromatic amines is 1. The van der Waals surface area contributed by atoms with Crippen LogP contribution in [0.4, 0.5) is 0 Å². The molecule has 0 aliphatic carbocycles. The van der Waals surface area contributed by atoms with Crippen molar-refractivity contribution < 1.29 is 4.79 Å². The van der Waals surface area contributed by atoms with Crippen LogP contribution in [0, 0.1) is 0 Å². The van der Waals surface area contributed by atoms with Crippen molar-refractivity contribution in [2.45, 2.75) is 5.16 Å². The quantitative estimate of drug-likeness (QED) is 0.442. The number of rotatable bonds is 5. The van der Waals surface area contributed by atoms with E-state index in [1.165, 1.54) is 11.8 Å². The summed E-state index contributed by atoms with van der Waals surface area (Å²) in [5, 5.41) is 10.1. The third-order valence-corrected chi connectivity index (χ3v) is 5.02. The minimum Gasteiger partial charge on any atom is -0.360 e. The fourth-order valence-electron chi connectivity index (χ4n) is 2.70. The normalized spacial score (nSPS) is 11.1. The van der Waals surface area contributed by atoms with Crippen LogP contribution in [0.3, 0.4) is 0 Å². The molecule has 0 fully saturated rings. The van der Waals surface area contributed by atoms with Crippen LogP contribution in [0.1, 0.15) is 10.4 Å². The number of fused-ring (bicyclic) bond motifs is 1. The Bertz CT molecular complexity index is 1040. The molecule has 0 atom stereocenters. The first-order valence-corrected chi connectivity index (χ1v) is 8.74. The van der Waals surface area contributed by atoms with E-state index in [0.717, 1.165) is 22.3 Å². The molecule has 0 amide bonds. The first-order chi connectivity index (χ1) is 12.2. The molecule has 3 aromatic heterocycles. The molecule has 124 valence electrons. The topological polar surface area (TPSA) is 76.5 Å². The zero-order chi connectivity index (χ0) is 17.2. The van der Waals surface area contributed by atoms with Crippen LogP contribution in [0.25, 0.3) is 22.3 Å². The summed E-state index contributed by atoms with van der Waals surface area (Å²) in [7, 11) is 1.90. The molecule has 1 aromatic carbocycles. The van der Waals surface area contributed by atoms with Crippen LogP contribution in [-0.4, -0.2) is 36.3 Å². The summed E-state index contributed by atoms with van der Waals surface area (Å²) in [5.41, 5.74) is 2.62. The van der Waals surface area contributed by atoms with E-state index >= 15 is 0 Å². The molecule has 4 aromatic rings. The summed E-state index contributed by atoms with van der Waals surface area (Å²) < 4.78 is 1.89. The van der Waals surface area contributed by atoms with Gasteiger partial charge in [0.25, 0.3) is 0 Å². The zero-order valence-electron chi connectivity index (χ0n) is 13.5. The predicted octanol–water partition coefficient (Wildman–Crippen LogP) is 3.33. The van der Waals surface area contributed by atoms with Crippen LogP contribution < -0.4 is 0 Å². The molecule has 4 rings (SSSR count). The van der Waals surface area contributed by atoms with E-state index in [9.17, 15) is 4.79 Å². The highest BCUT2D eigenvalue weighted by Gasteiger charge is 2.15. The zero-order valence-corrected chi connectivity index (χ0v) is 14.3. The van der Waals surface area contributed by atoms with Crippen molar-refractivity contribution in [2.24, 2.45) is 7.05 Å². The molecule has 6 nitrogen and oxygen atoms in total. The second-order valence-electron chi connectivity index (χ2n) is 5.56. The van der Waals surface area contributed by atoms with Crippen molar-refractivity contribution in [3.8, 4) is 11.4 Å². The van der Waals surface area contributed by atoms with E-state index in [1.54, 1.807) is 18.6 Å². The minimum absolute atomic E-state index is 0.0657. The Morgan fingerprint density at radius 3 is 2.80 bits per heavy atom. The lowest BCUT2D eigenvalue weighted by atomic mass is 10.1. The van der Waals surface area contributed by atoms with Gasteiger partial charge in [0.1, 0.15) is 0 Å². The lowest BCUT2D eigenvalue weighted by Crippen LogP contribution is -2.03. The third kappa shape index (κ3) is 2.94. The summed E-state index contributed by atoms with van der Waals surface area (Å²) >= 11 is 1.39. The van der Waals surface area contributed by atoms with Gasteiger partial charge in [-0.05, 0) is 18.2 Å². The number of Topliss-reactive ketones (excluding diaryl/α,β-unsaturated/α-hetero) is 1. The molecule has 0 bridgehead atoms. The average molecular weight is 349 g/mol. The molecule has 1 N–H and O–H groups in total. The molecule has 0 aliphatic heterocycles. The van der Waals surface area contributed by atoms with E-state index < -0.39 is 0 Å². The monoisotopic (exact) mass is 349 g/mol. The largest absolute Gasteiger partial charge is 0.360 e. The number of nitrogens with zero attached hydrogens (tertiary/aromatic N) is 4. The Morgan fingerprint density at radius 2 is 1.96 bits per heavy atom. The second-order valence-corrected chi connectivity index (χ2v) is 6.50. The number of hydrogen-bond acceptors (Lipinski definition) is 5. The number of ketones is 1. The molecule has 0 unspecified atom stereocenters. The van der Waals surface area contributed by atoms with Crippen molar-refractivity contribution >= 4 is 28.4 Å². The van der Waals surface area contributed by atoms with Crippen molar-refractivity contribution in [3.05, 3.63) is 60.6 Å². The van der Waals surface area contributed by atoms with Gasteiger partial charge in [0.15, 0.2) is 16.8 Å². The number of carbonyl (C=O) groups excluding carboxylic acids is 1. The van der Waals surface area contributed by atoms with Crippen LogP contribution in [0.2, 0.25) is 0 Å². The van der Waals surface area contributed by atoms with Gasteiger partial charge in [-0.15, -0.1) is 10.2 Å². The summed E-state index contributed by atoms with van der Waals surface area (Å²) in [6.45, 7) is 0. The maximum Gasteiger partial charge on any atom is 0.191 e. The van der Waals surface area contributed by atoms with Crippen molar-refractivity contribution in [1.82, 2.24) is 24.7 Å². The first kappa shape index (κ1) is 15.6. The smallest absolute Gasteiger partial charge is 0.191 e. The highest BCUT2D eigenvalue weighted by atomic mass is 32.2. The highest BCUT2D eigenvalue weighted by molar-refractivity contribution is 7.99.